The first kappa shape index (κ1) is 42.9. The van der Waals surface area contributed by atoms with E-state index in [2.05, 4.69) is 43.0 Å². The van der Waals surface area contributed by atoms with Crippen molar-refractivity contribution in [3.63, 3.8) is 0 Å². The predicted octanol–water partition coefficient (Wildman–Crippen LogP) is 9.82. The van der Waals surface area contributed by atoms with Crippen molar-refractivity contribution >= 4 is 58.6 Å². The van der Waals surface area contributed by atoms with Gasteiger partial charge >= 0.3 is 6.09 Å². The van der Waals surface area contributed by atoms with Gasteiger partial charge in [-0.2, -0.15) is 4.98 Å². The molecule has 1 amide bonds. The number of halogens is 3. The van der Waals surface area contributed by atoms with Gasteiger partial charge in [-0.15, -0.1) is 0 Å². The Bertz CT molecular complexity index is 2600. The Morgan fingerprint density at radius 3 is 1.63 bits per heavy atom. The van der Waals surface area contributed by atoms with E-state index in [-0.39, 0.29) is 18.0 Å². The largest absolute Gasteiger partial charge is 0.489 e. The molecule has 0 atom stereocenters. The lowest BCUT2D eigenvalue weighted by Crippen LogP contribution is -2.50. The molecule has 0 radical (unpaired) electrons. The van der Waals surface area contributed by atoms with Crippen molar-refractivity contribution in [2.75, 3.05) is 42.5 Å². The second-order valence-electron chi connectivity index (χ2n) is 16.4. The molecule has 1 fully saturated rings. The van der Waals surface area contributed by atoms with Gasteiger partial charge in [0.1, 0.15) is 41.3 Å². The van der Waals surface area contributed by atoms with E-state index < -0.39 is 5.60 Å². The number of nitrogens with zero attached hydrogens (tertiary/aromatic N) is 6. The third kappa shape index (κ3) is 10.1. The number of carbonyl (C=O) groups is 1. The molecule has 4 aromatic carbocycles. The van der Waals surface area contributed by atoms with Crippen LogP contribution in [0.2, 0.25) is 15.2 Å². The van der Waals surface area contributed by atoms with Gasteiger partial charge in [0.2, 0.25) is 11.9 Å². The highest BCUT2D eigenvalue weighted by Gasteiger charge is 2.30. The maximum atomic E-state index is 12.5. The predicted molar refractivity (Wildman–Crippen MR) is 245 cm³/mol. The van der Waals surface area contributed by atoms with Gasteiger partial charge in [0.05, 0.1) is 11.4 Å². The SMILES string of the molecule is CC(C)(C)OC(=O)N1CCN(c2nc(N)nc3c2CCc2cc(OCc4ccc(Cl)cc4)ccc2-3)CC1.Nc1nc(Cl)c2c(n1)-c1ccc(OCc3ccc(Cl)cc3)cc1CC2. The summed E-state index contributed by atoms with van der Waals surface area (Å²) in [4.78, 5) is 34.1. The minimum Gasteiger partial charge on any atom is -0.489 e. The van der Waals surface area contributed by atoms with Crippen LogP contribution in [0, 0.1) is 0 Å². The molecule has 1 saturated heterocycles. The number of nitrogen functional groups attached to an aromatic ring is 2. The summed E-state index contributed by atoms with van der Waals surface area (Å²) in [6.07, 6.45) is 3.05. The molecule has 320 valence electrons. The Labute approximate surface area is 376 Å². The fourth-order valence-corrected chi connectivity index (χ4v) is 8.28. The number of aromatic nitrogens is 4. The van der Waals surface area contributed by atoms with Gasteiger partial charge in [-0.1, -0.05) is 59.1 Å². The van der Waals surface area contributed by atoms with Gasteiger partial charge < -0.3 is 35.5 Å². The quantitative estimate of drug-likeness (QED) is 0.147. The minimum atomic E-state index is -0.511. The van der Waals surface area contributed by atoms with E-state index >= 15 is 0 Å². The molecule has 12 nitrogen and oxygen atoms in total. The normalized spacial score (nSPS) is 14.0. The zero-order chi connectivity index (χ0) is 43.5. The van der Waals surface area contributed by atoms with Gasteiger partial charge in [0, 0.05) is 58.5 Å². The number of rotatable bonds is 7. The maximum absolute atomic E-state index is 12.5. The lowest BCUT2D eigenvalue weighted by atomic mass is 9.88. The fourth-order valence-electron chi connectivity index (χ4n) is 7.76. The van der Waals surface area contributed by atoms with Crippen LogP contribution in [0.4, 0.5) is 22.5 Å². The first-order valence-corrected chi connectivity index (χ1v) is 21.6. The minimum absolute atomic E-state index is 0.194. The Hall–Kier alpha value is -5.82. The number of aryl methyl sites for hydroxylation is 2. The van der Waals surface area contributed by atoms with Crippen LogP contribution in [0.5, 0.6) is 11.5 Å². The first-order valence-electron chi connectivity index (χ1n) is 20.5. The topological polar surface area (TPSA) is 155 Å². The van der Waals surface area contributed by atoms with Crippen LogP contribution in [0.15, 0.2) is 84.9 Å². The van der Waals surface area contributed by atoms with Crippen LogP contribution in [-0.2, 0) is 43.6 Å². The molecule has 62 heavy (non-hydrogen) atoms. The maximum Gasteiger partial charge on any atom is 0.410 e. The average molecular weight is 894 g/mol. The van der Waals surface area contributed by atoms with Gasteiger partial charge in [-0.3, -0.25) is 0 Å². The zero-order valence-corrected chi connectivity index (χ0v) is 37.0. The van der Waals surface area contributed by atoms with Gasteiger partial charge in [0.25, 0.3) is 0 Å². The first-order chi connectivity index (χ1) is 29.8. The molecule has 3 heterocycles. The number of amides is 1. The van der Waals surface area contributed by atoms with E-state index in [4.69, 9.17) is 60.5 Å². The van der Waals surface area contributed by atoms with Crippen LogP contribution in [0.25, 0.3) is 22.5 Å². The van der Waals surface area contributed by atoms with Crippen LogP contribution in [0.1, 0.15) is 54.2 Å². The number of anilines is 3. The van der Waals surface area contributed by atoms with E-state index in [1.165, 1.54) is 11.1 Å². The summed E-state index contributed by atoms with van der Waals surface area (Å²) < 4.78 is 17.5. The summed E-state index contributed by atoms with van der Waals surface area (Å²) >= 11 is 18.1. The van der Waals surface area contributed by atoms with Crippen LogP contribution in [0.3, 0.4) is 0 Å². The van der Waals surface area contributed by atoms with Crippen molar-refractivity contribution in [2.45, 2.75) is 65.3 Å². The molecule has 1 aliphatic heterocycles. The Balaban J connectivity index is 0.000000184. The summed E-state index contributed by atoms with van der Waals surface area (Å²) in [6.45, 7) is 9.06. The molecular formula is C47H47Cl3N8O4. The fraction of sp³-hybridized carbons (Fsp3) is 0.298. The van der Waals surface area contributed by atoms with Crippen LogP contribution in [-0.4, -0.2) is 62.7 Å². The molecule has 0 unspecified atom stereocenters. The van der Waals surface area contributed by atoms with Crippen molar-refractivity contribution in [1.82, 2.24) is 24.8 Å². The highest BCUT2D eigenvalue weighted by Crippen LogP contribution is 2.40. The smallest absolute Gasteiger partial charge is 0.410 e. The standard InChI is InChI=1S/C28H32ClN5O3.C19H15Cl2N3O/c1-28(2,3)37-27(35)34-14-12-33(13-15-34)25-23-10-6-19-16-21(36-17-18-4-7-20(29)8-5-18)9-11-22(19)24(23)31-26(30)32-25;20-13-4-1-11(2-5-13)10-25-14-6-8-15-12(9-14)3-7-16-17(15)23-19(22)24-18(16)21/h4-5,7-9,11,16H,6,10,12-15,17H2,1-3H3,(H2,30,31,32);1-2,4-6,8-9H,3,7,10H2,(H2,22,23,24). The van der Waals surface area contributed by atoms with E-state index in [1.54, 1.807) is 4.90 Å². The van der Waals surface area contributed by atoms with E-state index in [0.717, 1.165) is 92.8 Å². The monoisotopic (exact) mass is 892 g/mol. The molecule has 2 aliphatic carbocycles. The number of carbonyl (C=O) groups excluding carboxylic acids is 1. The van der Waals surface area contributed by atoms with E-state index in [9.17, 15) is 4.79 Å². The van der Waals surface area contributed by atoms with Crippen LogP contribution < -0.4 is 25.8 Å². The van der Waals surface area contributed by atoms with Crippen molar-refractivity contribution in [3.05, 3.63) is 134 Å². The van der Waals surface area contributed by atoms with Crippen LogP contribution >= 0.6 is 34.8 Å². The molecule has 4 N–H and O–H groups in total. The van der Waals surface area contributed by atoms with E-state index in [1.807, 2.05) is 87.5 Å². The Morgan fingerprint density at radius 2 is 1.11 bits per heavy atom. The van der Waals surface area contributed by atoms with Crippen molar-refractivity contribution in [2.24, 2.45) is 0 Å². The molecule has 0 saturated carbocycles. The summed E-state index contributed by atoms with van der Waals surface area (Å²) in [6, 6.07) is 27.4. The molecule has 6 aromatic rings. The van der Waals surface area contributed by atoms with Crippen molar-refractivity contribution < 1.29 is 19.0 Å². The molecule has 0 bridgehead atoms. The highest BCUT2D eigenvalue weighted by molar-refractivity contribution is 6.31. The number of hydrogen-bond acceptors (Lipinski definition) is 11. The molecule has 9 rings (SSSR count). The summed E-state index contributed by atoms with van der Waals surface area (Å²) in [5.74, 6) is 2.95. The number of hydrogen-bond donors (Lipinski definition) is 2. The highest BCUT2D eigenvalue weighted by atomic mass is 35.5. The van der Waals surface area contributed by atoms with Crippen molar-refractivity contribution in [3.8, 4) is 34.0 Å². The number of ether oxygens (including phenoxy) is 3. The molecule has 0 spiro atoms. The second-order valence-corrected chi connectivity index (χ2v) is 17.6. The Kier molecular flexibility index (Phi) is 12.6. The number of piperazine rings is 1. The second kappa shape index (κ2) is 18.3. The van der Waals surface area contributed by atoms with E-state index in [0.29, 0.717) is 49.6 Å². The third-order valence-electron chi connectivity index (χ3n) is 10.8. The van der Waals surface area contributed by atoms with Gasteiger partial charge in [-0.05, 0) is 129 Å². The summed E-state index contributed by atoms with van der Waals surface area (Å²) in [5.41, 5.74) is 21.8. The molecule has 3 aliphatic rings. The number of benzene rings is 4. The Morgan fingerprint density at radius 1 is 0.629 bits per heavy atom. The molecule has 2 aromatic heterocycles. The summed E-state index contributed by atoms with van der Waals surface area (Å²) in [7, 11) is 0. The lowest BCUT2D eigenvalue weighted by Gasteiger charge is -2.37. The number of nitrogens with two attached hydrogens (primary N) is 2. The van der Waals surface area contributed by atoms with Gasteiger partial charge in [-0.25, -0.2) is 19.7 Å². The third-order valence-corrected chi connectivity index (χ3v) is 11.6. The zero-order valence-electron chi connectivity index (χ0n) is 34.8. The average Bonchev–Trinajstić information content (AvgIpc) is 3.25. The lowest BCUT2D eigenvalue weighted by molar-refractivity contribution is 0.0240. The van der Waals surface area contributed by atoms with Crippen molar-refractivity contribution in [1.29, 1.82) is 0 Å². The summed E-state index contributed by atoms with van der Waals surface area (Å²) in [5, 5.41) is 1.87. The molecule has 15 heteroatoms. The number of fused-ring (bicyclic) bond motifs is 6. The van der Waals surface area contributed by atoms with Gasteiger partial charge in [0.15, 0.2) is 0 Å². The molecular weight excluding hydrogens is 847 g/mol.